The SMILES string of the molecule is COCCNc1cc(C)c(C(=O)O)cc1N. The van der Waals surface area contributed by atoms with E-state index in [1.807, 2.05) is 0 Å². The van der Waals surface area contributed by atoms with Crippen LogP contribution in [0.1, 0.15) is 15.9 Å². The Balaban J connectivity index is 2.88. The van der Waals surface area contributed by atoms with Gasteiger partial charge in [0.25, 0.3) is 0 Å². The van der Waals surface area contributed by atoms with Crippen molar-refractivity contribution in [3.05, 3.63) is 23.3 Å². The quantitative estimate of drug-likeness (QED) is 0.519. The minimum atomic E-state index is -0.965. The average Bonchev–Trinajstić information content (AvgIpc) is 2.22. The summed E-state index contributed by atoms with van der Waals surface area (Å²) in [6.07, 6.45) is 0. The van der Waals surface area contributed by atoms with Crippen LogP contribution in [0.4, 0.5) is 11.4 Å². The maximum absolute atomic E-state index is 10.8. The van der Waals surface area contributed by atoms with Crippen LogP contribution >= 0.6 is 0 Å². The number of nitrogen functional groups attached to an aromatic ring is 1. The molecule has 0 saturated carbocycles. The lowest BCUT2D eigenvalue weighted by molar-refractivity contribution is 0.0696. The van der Waals surface area contributed by atoms with Crippen LogP contribution < -0.4 is 11.1 Å². The molecule has 1 rings (SSSR count). The number of carbonyl (C=O) groups is 1. The third-order valence-electron chi connectivity index (χ3n) is 2.25. The number of hydrogen-bond donors (Lipinski definition) is 3. The number of benzene rings is 1. The van der Waals surface area contributed by atoms with Gasteiger partial charge in [0.05, 0.1) is 23.5 Å². The van der Waals surface area contributed by atoms with Crippen LogP contribution in [-0.2, 0) is 4.74 Å². The van der Waals surface area contributed by atoms with Crippen LogP contribution in [0.5, 0.6) is 0 Å². The second-order valence-electron chi connectivity index (χ2n) is 3.48. The maximum atomic E-state index is 10.8. The van der Waals surface area contributed by atoms with Gasteiger partial charge in [0.1, 0.15) is 0 Å². The molecule has 0 aliphatic heterocycles. The molecular formula is C11H16N2O3. The zero-order chi connectivity index (χ0) is 12.1. The molecule has 0 fully saturated rings. The molecule has 88 valence electrons. The van der Waals surface area contributed by atoms with Gasteiger partial charge in [-0.2, -0.15) is 0 Å². The summed E-state index contributed by atoms with van der Waals surface area (Å²) in [4.78, 5) is 10.8. The van der Waals surface area contributed by atoms with E-state index in [1.165, 1.54) is 6.07 Å². The van der Waals surface area contributed by atoms with Gasteiger partial charge in [-0.3, -0.25) is 0 Å². The summed E-state index contributed by atoms with van der Waals surface area (Å²) in [6, 6.07) is 3.20. The normalized spacial score (nSPS) is 10.1. The van der Waals surface area contributed by atoms with Gasteiger partial charge >= 0.3 is 5.97 Å². The molecule has 0 bridgehead atoms. The number of carboxylic acids is 1. The van der Waals surface area contributed by atoms with Gasteiger partial charge in [-0.15, -0.1) is 0 Å². The van der Waals surface area contributed by atoms with Crippen molar-refractivity contribution in [2.45, 2.75) is 6.92 Å². The molecule has 0 atom stereocenters. The number of aromatic carboxylic acids is 1. The van der Waals surface area contributed by atoms with Crippen molar-refractivity contribution < 1.29 is 14.6 Å². The molecule has 5 nitrogen and oxygen atoms in total. The summed E-state index contributed by atoms with van der Waals surface area (Å²) >= 11 is 0. The Kier molecular flexibility index (Phi) is 4.13. The third-order valence-corrected chi connectivity index (χ3v) is 2.25. The fourth-order valence-electron chi connectivity index (χ4n) is 1.40. The van der Waals surface area contributed by atoms with E-state index in [2.05, 4.69) is 5.32 Å². The second kappa shape index (κ2) is 5.37. The van der Waals surface area contributed by atoms with Crippen molar-refractivity contribution in [3.8, 4) is 0 Å². The molecule has 0 aliphatic carbocycles. The van der Waals surface area contributed by atoms with Crippen LogP contribution in [0, 0.1) is 6.92 Å². The van der Waals surface area contributed by atoms with Crippen molar-refractivity contribution in [2.24, 2.45) is 0 Å². The molecule has 1 aromatic rings. The molecule has 0 aromatic heterocycles. The number of hydrogen-bond acceptors (Lipinski definition) is 4. The first-order chi connectivity index (χ1) is 7.56. The molecule has 0 heterocycles. The Morgan fingerprint density at radius 3 is 2.81 bits per heavy atom. The van der Waals surface area contributed by atoms with Crippen LogP contribution in [0.25, 0.3) is 0 Å². The summed E-state index contributed by atoms with van der Waals surface area (Å²) in [5.41, 5.74) is 7.82. The number of methoxy groups -OCH3 is 1. The number of anilines is 2. The van der Waals surface area contributed by atoms with Crippen molar-refractivity contribution in [1.82, 2.24) is 0 Å². The molecule has 0 unspecified atom stereocenters. The number of aryl methyl sites for hydroxylation is 1. The van der Waals surface area contributed by atoms with E-state index in [4.69, 9.17) is 15.6 Å². The highest BCUT2D eigenvalue weighted by Gasteiger charge is 2.10. The number of nitrogens with two attached hydrogens (primary N) is 1. The number of nitrogens with one attached hydrogen (secondary N) is 1. The van der Waals surface area contributed by atoms with Crippen molar-refractivity contribution in [1.29, 1.82) is 0 Å². The Hall–Kier alpha value is -1.75. The molecule has 5 heteroatoms. The number of rotatable bonds is 5. The fourth-order valence-corrected chi connectivity index (χ4v) is 1.40. The zero-order valence-electron chi connectivity index (χ0n) is 9.41. The Morgan fingerprint density at radius 1 is 1.56 bits per heavy atom. The molecule has 1 aromatic carbocycles. The summed E-state index contributed by atoms with van der Waals surface area (Å²) < 4.78 is 4.90. The van der Waals surface area contributed by atoms with Crippen molar-refractivity contribution in [2.75, 3.05) is 31.3 Å². The van der Waals surface area contributed by atoms with E-state index >= 15 is 0 Å². The van der Waals surface area contributed by atoms with Crippen LogP contribution in [0.2, 0.25) is 0 Å². The zero-order valence-corrected chi connectivity index (χ0v) is 9.41. The summed E-state index contributed by atoms with van der Waals surface area (Å²) in [6.45, 7) is 2.94. The van der Waals surface area contributed by atoms with Gasteiger partial charge < -0.3 is 20.9 Å². The molecule has 4 N–H and O–H groups in total. The van der Waals surface area contributed by atoms with Gasteiger partial charge in [-0.25, -0.2) is 4.79 Å². The lowest BCUT2D eigenvalue weighted by Gasteiger charge is -2.11. The first kappa shape index (κ1) is 12.3. The first-order valence-electron chi connectivity index (χ1n) is 4.92. The maximum Gasteiger partial charge on any atom is 0.336 e. The summed E-state index contributed by atoms with van der Waals surface area (Å²) in [5.74, 6) is -0.965. The predicted octanol–water partition coefficient (Wildman–Crippen LogP) is 1.33. The molecule has 0 radical (unpaired) electrons. The molecule has 0 saturated heterocycles. The Morgan fingerprint density at radius 2 is 2.25 bits per heavy atom. The monoisotopic (exact) mass is 224 g/mol. The van der Waals surface area contributed by atoms with E-state index in [0.29, 0.717) is 24.4 Å². The van der Waals surface area contributed by atoms with E-state index in [9.17, 15) is 4.79 Å². The van der Waals surface area contributed by atoms with E-state index < -0.39 is 5.97 Å². The van der Waals surface area contributed by atoms with Crippen molar-refractivity contribution in [3.63, 3.8) is 0 Å². The van der Waals surface area contributed by atoms with Crippen molar-refractivity contribution >= 4 is 17.3 Å². The van der Waals surface area contributed by atoms with Crippen LogP contribution in [-0.4, -0.2) is 31.3 Å². The van der Waals surface area contributed by atoms with Gasteiger partial charge in [0.2, 0.25) is 0 Å². The van der Waals surface area contributed by atoms with Crippen LogP contribution in [0.3, 0.4) is 0 Å². The van der Waals surface area contributed by atoms with Gasteiger partial charge in [0, 0.05) is 13.7 Å². The topological polar surface area (TPSA) is 84.6 Å². The lowest BCUT2D eigenvalue weighted by atomic mass is 10.1. The number of carboxylic acid groups (broad SMARTS) is 1. The highest BCUT2D eigenvalue weighted by atomic mass is 16.5. The first-order valence-corrected chi connectivity index (χ1v) is 4.92. The average molecular weight is 224 g/mol. The lowest BCUT2D eigenvalue weighted by Crippen LogP contribution is -2.10. The standard InChI is InChI=1S/C11H16N2O3/c1-7-5-10(13-3-4-16-2)9(12)6-8(7)11(14)15/h5-6,13H,3-4,12H2,1-2H3,(H,14,15). The minimum absolute atomic E-state index is 0.231. The largest absolute Gasteiger partial charge is 0.478 e. The van der Waals surface area contributed by atoms with Crippen LogP contribution in [0.15, 0.2) is 12.1 Å². The second-order valence-corrected chi connectivity index (χ2v) is 3.48. The molecule has 0 aliphatic rings. The minimum Gasteiger partial charge on any atom is -0.478 e. The molecule has 0 amide bonds. The van der Waals surface area contributed by atoms with E-state index in [1.54, 1.807) is 20.1 Å². The Labute approximate surface area is 94.2 Å². The van der Waals surface area contributed by atoms with Gasteiger partial charge in [-0.1, -0.05) is 0 Å². The predicted molar refractivity (Wildman–Crippen MR) is 62.9 cm³/mol. The highest BCUT2D eigenvalue weighted by molar-refractivity contribution is 5.92. The highest BCUT2D eigenvalue weighted by Crippen LogP contribution is 2.23. The number of ether oxygens (including phenoxy) is 1. The summed E-state index contributed by atoms with van der Waals surface area (Å²) in [5, 5.41) is 12.0. The Bertz CT molecular complexity index is 391. The third kappa shape index (κ3) is 2.87. The summed E-state index contributed by atoms with van der Waals surface area (Å²) in [7, 11) is 1.61. The van der Waals surface area contributed by atoms with E-state index in [0.717, 1.165) is 5.69 Å². The molecule has 16 heavy (non-hydrogen) atoms. The molecule has 0 spiro atoms. The van der Waals surface area contributed by atoms with Gasteiger partial charge in [0.15, 0.2) is 0 Å². The van der Waals surface area contributed by atoms with E-state index in [-0.39, 0.29) is 5.56 Å². The molecular weight excluding hydrogens is 208 g/mol. The smallest absolute Gasteiger partial charge is 0.336 e. The fraction of sp³-hybridized carbons (Fsp3) is 0.364. The van der Waals surface area contributed by atoms with Gasteiger partial charge in [-0.05, 0) is 24.6 Å².